The lowest BCUT2D eigenvalue weighted by Crippen LogP contribution is -2.41. The van der Waals surface area contributed by atoms with Crippen LogP contribution in [0.2, 0.25) is 0 Å². The fourth-order valence-corrected chi connectivity index (χ4v) is 2.87. The Morgan fingerprint density at radius 2 is 1.89 bits per heavy atom. The van der Waals surface area contributed by atoms with Gasteiger partial charge in [0.1, 0.15) is 0 Å². The first-order chi connectivity index (χ1) is 13.2. The van der Waals surface area contributed by atoms with Gasteiger partial charge in [0, 0.05) is 51.7 Å². The van der Waals surface area contributed by atoms with Crippen molar-refractivity contribution in [2.45, 2.75) is 20.4 Å². The van der Waals surface area contributed by atoms with E-state index in [0.29, 0.717) is 18.8 Å². The molecule has 1 aromatic carbocycles. The Balaban J connectivity index is 2.18. The molecular formula is C20H28N4O4. The van der Waals surface area contributed by atoms with Crippen molar-refractivity contribution in [1.82, 2.24) is 14.0 Å². The topological polar surface area (TPSA) is 85.6 Å². The lowest BCUT2D eigenvalue weighted by Gasteiger charge is -2.23. The number of aromatic nitrogens is 2. The average Bonchev–Trinajstić information content (AvgIpc) is 2.66. The van der Waals surface area contributed by atoms with Crippen LogP contribution in [0.3, 0.4) is 0 Å². The van der Waals surface area contributed by atoms with Gasteiger partial charge in [0.2, 0.25) is 5.91 Å². The number of carbonyl (C=O) groups excluding carboxylic acids is 1. The number of nitrogens with one attached hydrogen (secondary N) is 1. The van der Waals surface area contributed by atoms with Gasteiger partial charge < -0.3 is 10.1 Å². The zero-order valence-electron chi connectivity index (χ0n) is 17.1. The number of nitrogens with zero attached hydrogens (tertiary/aromatic N) is 3. The van der Waals surface area contributed by atoms with E-state index < -0.39 is 5.69 Å². The van der Waals surface area contributed by atoms with Crippen molar-refractivity contribution in [3.05, 3.63) is 61.9 Å². The van der Waals surface area contributed by atoms with Crippen LogP contribution in [0.15, 0.2) is 33.9 Å². The molecule has 0 aliphatic rings. The first-order valence-corrected chi connectivity index (χ1v) is 9.08. The lowest BCUT2D eigenvalue weighted by molar-refractivity contribution is -0.117. The Bertz CT molecular complexity index is 962. The number of carbonyl (C=O) groups is 1. The van der Waals surface area contributed by atoms with Crippen LogP contribution < -0.4 is 16.6 Å². The standard InChI is InChI=1S/C20H28N4O4/c1-14-7-6-8-17(15(14)2)21-18(25)13-24(9-10-28-5)12-16-11-19(26)23(4)20(27)22(16)3/h6-8,11H,9-10,12-13H2,1-5H3,(H,21,25). The third-order valence-electron chi connectivity index (χ3n) is 4.87. The van der Waals surface area contributed by atoms with E-state index in [-0.39, 0.29) is 24.6 Å². The molecule has 1 N–H and O–H groups in total. The third-order valence-corrected chi connectivity index (χ3v) is 4.87. The van der Waals surface area contributed by atoms with Crippen LogP contribution >= 0.6 is 0 Å². The summed E-state index contributed by atoms with van der Waals surface area (Å²) >= 11 is 0. The molecule has 0 saturated heterocycles. The van der Waals surface area contributed by atoms with Crippen LogP contribution in [0, 0.1) is 13.8 Å². The highest BCUT2D eigenvalue weighted by Gasteiger charge is 2.15. The van der Waals surface area contributed by atoms with Crippen LogP contribution in [0.1, 0.15) is 16.8 Å². The van der Waals surface area contributed by atoms with Crippen LogP contribution in [-0.2, 0) is 30.2 Å². The molecule has 0 aliphatic heterocycles. The van der Waals surface area contributed by atoms with E-state index >= 15 is 0 Å². The maximum Gasteiger partial charge on any atom is 0.330 e. The maximum absolute atomic E-state index is 12.6. The smallest absolute Gasteiger partial charge is 0.330 e. The predicted octanol–water partition coefficient (Wildman–Crippen LogP) is 0.788. The molecule has 0 unspecified atom stereocenters. The Hall–Kier alpha value is -2.71. The molecule has 1 amide bonds. The Kier molecular flexibility index (Phi) is 7.31. The van der Waals surface area contributed by atoms with Crippen LogP contribution in [0.5, 0.6) is 0 Å². The summed E-state index contributed by atoms with van der Waals surface area (Å²) < 4.78 is 7.61. The Morgan fingerprint density at radius 1 is 1.18 bits per heavy atom. The van der Waals surface area contributed by atoms with Crippen LogP contribution in [0.4, 0.5) is 5.69 Å². The molecule has 1 aromatic heterocycles. The number of methoxy groups -OCH3 is 1. The van der Waals surface area contributed by atoms with Gasteiger partial charge in [-0.05, 0) is 31.0 Å². The molecule has 0 spiro atoms. The molecule has 8 nitrogen and oxygen atoms in total. The third kappa shape index (κ3) is 5.17. The van der Waals surface area contributed by atoms with E-state index in [1.807, 2.05) is 36.9 Å². The molecule has 0 aliphatic carbocycles. The highest BCUT2D eigenvalue weighted by Crippen LogP contribution is 2.17. The first kappa shape index (κ1) is 21.6. The summed E-state index contributed by atoms with van der Waals surface area (Å²) in [6.07, 6.45) is 0. The molecule has 0 bridgehead atoms. The molecule has 0 saturated carbocycles. The van der Waals surface area contributed by atoms with Gasteiger partial charge in [-0.3, -0.25) is 23.6 Å². The Labute approximate surface area is 164 Å². The number of amides is 1. The summed E-state index contributed by atoms with van der Waals surface area (Å²) in [5, 5.41) is 2.93. The van der Waals surface area contributed by atoms with Gasteiger partial charge in [-0.1, -0.05) is 12.1 Å². The summed E-state index contributed by atoms with van der Waals surface area (Å²) in [6, 6.07) is 7.18. The molecule has 1 heterocycles. The van der Waals surface area contributed by atoms with Gasteiger partial charge in [-0.25, -0.2) is 4.79 Å². The second kappa shape index (κ2) is 9.48. The summed E-state index contributed by atoms with van der Waals surface area (Å²) in [5.74, 6) is -0.168. The van der Waals surface area contributed by atoms with Crippen molar-refractivity contribution in [3.8, 4) is 0 Å². The SMILES string of the molecule is COCCN(CC(=O)Nc1cccc(C)c1C)Cc1cc(=O)n(C)c(=O)n1C. The van der Waals surface area contributed by atoms with Crippen LogP contribution in [-0.4, -0.2) is 46.7 Å². The lowest BCUT2D eigenvalue weighted by atomic mass is 10.1. The molecule has 2 aromatic rings. The van der Waals surface area contributed by atoms with Gasteiger partial charge in [-0.15, -0.1) is 0 Å². The number of hydrogen-bond donors (Lipinski definition) is 1. The molecule has 28 heavy (non-hydrogen) atoms. The first-order valence-electron chi connectivity index (χ1n) is 9.08. The fourth-order valence-electron chi connectivity index (χ4n) is 2.87. The van der Waals surface area contributed by atoms with E-state index in [4.69, 9.17) is 4.74 Å². The van der Waals surface area contributed by atoms with Gasteiger partial charge in [0.05, 0.1) is 13.2 Å². The zero-order valence-corrected chi connectivity index (χ0v) is 17.1. The molecule has 152 valence electrons. The minimum absolute atomic E-state index is 0.111. The van der Waals surface area contributed by atoms with Crippen molar-refractivity contribution >= 4 is 11.6 Å². The van der Waals surface area contributed by atoms with Gasteiger partial charge in [0.25, 0.3) is 5.56 Å². The summed E-state index contributed by atoms with van der Waals surface area (Å²) in [5.41, 5.74) is 2.68. The highest BCUT2D eigenvalue weighted by molar-refractivity contribution is 5.93. The zero-order chi connectivity index (χ0) is 20.8. The van der Waals surface area contributed by atoms with Crippen LogP contribution in [0.25, 0.3) is 0 Å². The van der Waals surface area contributed by atoms with Crippen molar-refractivity contribution in [1.29, 1.82) is 0 Å². The second-order valence-electron chi connectivity index (χ2n) is 6.87. The van der Waals surface area contributed by atoms with Crippen molar-refractivity contribution < 1.29 is 9.53 Å². The molecule has 2 rings (SSSR count). The normalized spacial score (nSPS) is 11.1. The second-order valence-corrected chi connectivity index (χ2v) is 6.87. The molecular weight excluding hydrogens is 360 g/mol. The molecule has 0 atom stereocenters. The van der Waals surface area contributed by atoms with Crippen molar-refractivity contribution in [2.75, 3.05) is 32.1 Å². The number of rotatable bonds is 8. The molecule has 8 heteroatoms. The minimum Gasteiger partial charge on any atom is -0.383 e. The van der Waals surface area contributed by atoms with Gasteiger partial charge in [0.15, 0.2) is 0 Å². The number of anilines is 1. The van der Waals surface area contributed by atoms with Crippen molar-refractivity contribution in [3.63, 3.8) is 0 Å². The van der Waals surface area contributed by atoms with E-state index in [1.165, 1.54) is 17.7 Å². The number of hydrogen-bond acceptors (Lipinski definition) is 5. The highest BCUT2D eigenvalue weighted by atomic mass is 16.5. The molecule has 0 radical (unpaired) electrons. The van der Waals surface area contributed by atoms with Gasteiger partial charge in [-0.2, -0.15) is 0 Å². The predicted molar refractivity (Wildman–Crippen MR) is 109 cm³/mol. The summed E-state index contributed by atoms with van der Waals surface area (Å²) in [6.45, 7) is 5.26. The van der Waals surface area contributed by atoms with E-state index in [1.54, 1.807) is 14.2 Å². The van der Waals surface area contributed by atoms with E-state index in [2.05, 4.69) is 5.32 Å². The summed E-state index contributed by atoms with van der Waals surface area (Å²) in [7, 11) is 4.64. The fraction of sp³-hybridized carbons (Fsp3) is 0.450. The maximum atomic E-state index is 12.6. The summed E-state index contributed by atoms with van der Waals surface area (Å²) in [4.78, 5) is 38.5. The number of aryl methyl sites for hydroxylation is 1. The van der Waals surface area contributed by atoms with E-state index in [9.17, 15) is 14.4 Å². The van der Waals surface area contributed by atoms with Crippen molar-refractivity contribution in [2.24, 2.45) is 14.1 Å². The largest absolute Gasteiger partial charge is 0.383 e. The quantitative estimate of drug-likeness (QED) is 0.723. The molecule has 0 fully saturated rings. The van der Waals surface area contributed by atoms with E-state index in [0.717, 1.165) is 21.4 Å². The number of benzene rings is 1. The monoisotopic (exact) mass is 388 g/mol. The Morgan fingerprint density at radius 3 is 2.57 bits per heavy atom. The number of ether oxygens (including phenoxy) is 1. The van der Waals surface area contributed by atoms with Gasteiger partial charge >= 0.3 is 5.69 Å². The average molecular weight is 388 g/mol. The minimum atomic E-state index is -0.394.